The van der Waals surface area contributed by atoms with Gasteiger partial charge >= 0.3 is 0 Å². The van der Waals surface area contributed by atoms with Gasteiger partial charge in [0.2, 0.25) is 0 Å². The lowest BCUT2D eigenvalue weighted by atomic mass is 10.1. The number of ether oxygens (including phenoxy) is 1. The quantitative estimate of drug-likeness (QED) is 0.201. The van der Waals surface area contributed by atoms with Crippen LogP contribution in [0.2, 0.25) is 0 Å². The van der Waals surface area contributed by atoms with Crippen LogP contribution in [-0.2, 0) is 6.54 Å². The van der Waals surface area contributed by atoms with Crippen LogP contribution in [-0.4, -0.2) is 11.1 Å². The summed E-state index contributed by atoms with van der Waals surface area (Å²) in [6.45, 7) is 15.5. The van der Waals surface area contributed by atoms with Gasteiger partial charge in [-0.05, 0) is 50.4 Å². The molecule has 1 rings (SSSR count). The summed E-state index contributed by atoms with van der Waals surface area (Å²) in [6, 6.07) is 8.32. The first-order valence-electron chi connectivity index (χ1n) is 10.7. The normalized spacial score (nSPS) is 11.1. The summed E-state index contributed by atoms with van der Waals surface area (Å²) in [5.74, 6) is 0.948. The fourth-order valence-electron chi connectivity index (χ4n) is 3.20. The standard InChI is InChI=1S/C25H40NO/c1-5-9-10-11-12-13-14-15-16-17-22-27-25-20-18-24(19-21-25)23-26(6-2,7-3)8-4/h6-8,18-21H,2-5,9-17,22-23H2,1H3/q+1. The Kier molecular flexibility index (Phi) is 12.3. The Bertz CT molecular complexity index is 510. The Balaban J connectivity index is 2.15. The minimum atomic E-state index is 0.457. The maximum absolute atomic E-state index is 5.88. The van der Waals surface area contributed by atoms with Crippen LogP contribution < -0.4 is 4.74 Å². The average molecular weight is 371 g/mol. The van der Waals surface area contributed by atoms with Crippen molar-refractivity contribution in [2.45, 2.75) is 77.7 Å². The molecule has 0 aliphatic rings. The summed E-state index contributed by atoms with van der Waals surface area (Å²) in [5.41, 5.74) is 1.21. The highest BCUT2D eigenvalue weighted by molar-refractivity contribution is 5.27. The Morgan fingerprint density at radius 3 is 1.70 bits per heavy atom. The van der Waals surface area contributed by atoms with Crippen molar-refractivity contribution in [3.63, 3.8) is 0 Å². The van der Waals surface area contributed by atoms with Crippen LogP contribution in [0, 0.1) is 0 Å². The van der Waals surface area contributed by atoms with Gasteiger partial charge in [0, 0.05) is 5.56 Å². The van der Waals surface area contributed by atoms with Crippen LogP contribution in [0.5, 0.6) is 5.75 Å². The molecule has 1 aromatic carbocycles. The fourth-order valence-corrected chi connectivity index (χ4v) is 3.20. The maximum Gasteiger partial charge on any atom is 0.119 e. The van der Waals surface area contributed by atoms with Crippen LogP contribution in [0.4, 0.5) is 0 Å². The second-order valence-electron chi connectivity index (χ2n) is 7.38. The molecule has 0 aliphatic carbocycles. The van der Waals surface area contributed by atoms with Gasteiger partial charge in [-0.15, -0.1) is 0 Å². The molecular weight excluding hydrogens is 330 g/mol. The average Bonchev–Trinajstić information content (AvgIpc) is 2.71. The van der Waals surface area contributed by atoms with E-state index in [-0.39, 0.29) is 0 Å². The summed E-state index contributed by atoms with van der Waals surface area (Å²) in [5, 5.41) is 0. The number of quaternary nitrogens is 1. The molecule has 0 bridgehead atoms. The highest BCUT2D eigenvalue weighted by Crippen LogP contribution is 2.20. The monoisotopic (exact) mass is 370 g/mol. The summed E-state index contributed by atoms with van der Waals surface area (Å²) >= 11 is 0. The van der Waals surface area contributed by atoms with Crippen LogP contribution >= 0.6 is 0 Å². The van der Waals surface area contributed by atoms with Crippen LogP contribution in [0.25, 0.3) is 0 Å². The summed E-state index contributed by atoms with van der Waals surface area (Å²) < 4.78 is 6.33. The molecule has 0 heterocycles. The molecular formula is C25H40NO+. The molecule has 0 radical (unpaired) electrons. The van der Waals surface area contributed by atoms with Crippen molar-refractivity contribution < 1.29 is 9.22 Å². The fraction of sp³-hybridized carbons (Fsp3) is 0.520. The molecule has 0 atom stereocenters. The van der Waals surface area contributed by atoms with Gasteiger partial charge in [0.25, 0.3) is 0 Å². The lowest BCUT2D eigenvalue weighted by Gasteiger charge is -2.25. The minimum absolute atomic E-state index is 0.457. The third-order valence-electron chi connectivity index (χ3n) is 5.17. The van der Waals surface area contributed by atoms with Crippen LogP contribution in [0.15, 0.2) is 62.6 Å². The van der Waals surface area contributed by atoms with E-state index >= 15 is 0 Å². The van der Waals surface area contributed by atoms with Crippen molar-refractivity contribution in [1.82, 2.24) is 0 Å². The number of nitrogens with zero attached hydrogens (tertiary/aromatic N) is 1. The van der Waals surface area contributed by atoms with Crippen molar-refractivity contribution in [3.05, 3.63) is 68.2 Å². The molecule has 0 saturated carbocycles. The third-order valence-corrected chi connectivity index (χ3v) is 5.17. The Morgan fingerprint density at radius 2 is 1.22 bits per heavy atom. The van der Waals surface area contributed by atoms with E-state index in [4.69, 9.17) is 4.74 Å². The largest absolute Gasteiger partial charge is 0.494 e. The van der Waals surface area contributed by atoms with E-state index in [0.29, 0.717) is 4.48 Å². The van der Waals surface area contributed by atoms with Crippen molar-refractivity contribution >= 4 is 0 Å². The molecule has 2 nitrogen and oxygen atoms in total. The first-order valence-corrected chi connectivity index (χ1v) is 10.7. The van der Waals surface area contributed by atoms with Gasteiger partial charge < -0.3 is 4.74 Å². The Morgan fingerprint density at radius 1 is 0.741 bits per heavy atom. The van der Waals surface area contributed by atoms with Crippen LogP contribution in [0.3, 0.4) is 0 Å². The molecule has 0 fully saturated rings. The first-order chi connectivity index (χ1) is 13.2. The maximum atomic E-state index is 5.88. The molecule has 0 unspecified atom stereocenters. The van der Waals surface area contributed by atoms with Gasteiger partial charge in [-0.1, -0.05) is 64.7 Å². The molecule has 0 amide bonds. The van der Waals surface area contributed by atoms with E-state index in [1.165, 1.54) is 63.4 Å². The lowest BCUT2D eigenvalue weighted by Crippen LogP contribution is -2.28. The number of benzene rings is 1. The smallest absolute Gasteiger partial charge is 0.119 e. The number of unbranched alkanes of at least 4 members (excludes halogenated alkanes) is 9. The minimum Gasteiger partial charge on any atom is -0.494 e. The van der Waals surface area contributed by atoms with E-state index in [2.05, 4.69) is 50.9 Å². The van der Waals surface area contributed by atoms with E-state index in [1.807, 2.05) is 18.6 Å². The predicted molar refractivity (Wildman–Crippen MR) is 118 cm³/mol. The molecule has 0 saturated heterocycles. The summed E-state index contributed by atoms with van der Waals surface area (Å²) in [6.07, 6.45) is 19.0. The molecule has 2 heteroatoms. The number of rotatable bonds is 17. The van der Waals surface area contributed by atoms with Gasteiger partial charge in [-0.2, -0.15) is 0 Å². The molecule has 0 N–H and O–H groups in total. The SMILES string of the molecule is C=C[N+](C=C)(C=C)Cc1ccc(OCCCCCCCCCCCC)cc1. The van der Waals surface area contributed by atoms with Crippen molar-refractivity contribution in [1.29, 1.82) is 0 Å². The van der Waals surface area contributed by atoms with Gasteiger partial charge in [0.05, 0.1) is 25.2 Å². The molecule has 1 aromatic rings. The zero-order valence-electron chi connectivity index (χ0n) is 17.5. The zero-order chi connectivity index (χ0) is 19.8. The van der Waals surface area contributed by atoms with E-state index in [9.17, 15) is 0 Å². The van der Waals surface area contributed by atoms with E-state index in [1.54, 1.807) is 0 Å². The second kappa shape index (κ2) is 14.3. The highest BCUT2D eigenvalue weighted by atomic mass is 16.5. The van der Waals surface area contributed by atoms with E-state index in [0.717, 1.165) is 25.3 Å². The molecule has 0 aliphatic heterocycles. The van der Waals surface area contributed by atoms with Crippen LogP contribution in [0.1, 0.15) is 76.7 Å². The first kappa shape index (κ1) is 23.2. The Labute approximate surface area is 167 Å². The second-order valence-corrected chi connectivity index (χ2v) is 7.38. The molecule has 27 heavy (non-hydrogen) atoms. The van der Waals surface area contributed by atoms with Crippen molar-refractivity contribution in [2.75, 3.05) is 6.61 Å². The van der Waals surface area contributed by atoms with Crippen molar-refractivity contribution in [2.24, 2.45) is 0 Å². The van der Waals surface area contributed by atoms with Gasteiger partial charge in [-0.3, -0.25) is 0 Å². The van der Waals surface area contributed by atoms with Crippen molar-refractivity contribution in [3.8, 4) is 5.75 Å². The summed E-state index contributed by atoms with van der Waals surface area (Å²) in [4.78, 5) is 0. The summed E-state index contributed by atoms with van der Waals surface area (Å²) in [7, 11) is 0. The third kappa shape index (κ3) is 9.63. The number of hydrogen-bond acceptors (Lipinski definition) is 1. The molecule has 0 aromatic heterocycles. The number of hydrogen-bond donors (Lipinski definition) is 0. The van der Waals surface area contributed by atoms with Gasteiger partial charge in [-0.25, -0.2) is 4.48 Å². The van der Waals surface area contributed by atoms with Gasteiger partial charge in [0.1, 0.15) is 12.3 Å². The topological polar surface area (TPSA) is 9.23 Å². The lowest BCUT2D eigenvalue weighted by molar-refractivity contribution is -0.787. The predicted octanol–water partition coefficient (Wildman–Crippen LogP) is 7.73. The Hall–Kier alpha value is -1.80. The highest BCUT2D eigenvalue weighted by Gasteiger charge is 2.17. The zero-order valence-corrected chi connectivity index (χ0v) is 17.5. The van der Waals surface area contributed by atoms with Gasteiger partial charge in [0.15, 0.2) is 0 Å². The molecule has 150 valence electrons. The van der Waals surface area contributed by atoms with E-state index < -0.39 is 0 Å². The molecule has 0 spiro atoms.